The molecule has 2 heterocycles. The van der Waals surface area contributed by atoms with Crippen LogP contribution in [0.2, 0.25) is 0 Å². The van der Waals surface area contributed by atoms with E-state index in [0.29, 0.717) is 13.1 Å². The first-order valence-electron chi connectivity index (χ1n) is 8.62. The Hall–Kier alpha value is -3.06. The topological polar surface area (TPSA) is 72.4 Å². The Kier molecular flexibility index (Phi) is 4.45. The highest BCUT2D eigenvalue weighted by atomic mass is 19.1. The van der Waals surface area contributed by atoms with Crippen LogP contribution >= 0.6 is 0 Å². The molecule has 138 valence electrons. The van der Waals surface area contributed by atoms with Crippen LogP contribution in [0.15, 0.2) is 47.1 Å². The normalized spacial score (nSPS) is 13.5. The van der Waals surface area contributed by atoms with Crippen LogP contribution in [-0.2, 0) is 13.0 Å². The van der Waals surface area contributed by atoms with Crippen molar-refractivity contribution in [2.75, 3.05) is 11.4 Å². The predicted molar refractivity (Wildman–Crippen MR) is 96.2 cm³/mol. The fraction of sp³-hybridized carbons (Fsp3) is 0.200. The van der Waals surface area contributed by atoms with Gasteiger partial charge in [0.2, 0.25) is 5.89 Å². The average molecular weight is 369 g/mol. The van der Waals surface area contributed by atoms with E-state index in [1.165, 1.54) is 6.07 Å². The first-order valence-corrected chi connectivity index (χ1v) is 8.62. The summed E-state index contributed by atoms with van der Waals surface area (Å²) in [6.45, 7) is 0.919. The van der Waals surface area contributed by atoms with Crippen molar-refractivity contribution in [1.82, 2.24) is 4.98 Å². The molecule has 0 bridgehead atoms. The largest absolute Gasteiger partial charge is 0.443 e. The number of nitrogens with two attached hydrogens (primary N) is 1. The molecule has 0 aliphatic carbocycles. The predicted octanol–water partition coefficient (Wildman–Crippen LogP) is 3.67. The van der Waals surface area contributed by atoms with E-state index in [1.807, 2.05) is 18.2 Å². The third kappa shape index (κ3) is 3.00. The number of carbonyl (C=O) groups is 1. The van der Waals surface area contributed by atoms with Crippen molar-refractivity contribution in [2.45, 2.75) is 19.4 Å². The number of fused-ring (bicyclic) bond motifs is 1. The summed E-state index contributed by atoms with van der Waals surface area (Å²) in [5, 5.41) is 0. The van der Waals surface area contributed by atoms with Crippen LogP contribution in [0.25, 0.3) is 11.5 Å². The highest BCUT2D eigenvalue weighted by Gasteiger charge is 2.28. The SMILES string of the molecule is NCc1cccc2c1CCCN2C(=O)c1coc(-c2c(F)cccc2F)n1. The molecule has 0 fully saturated rings. The number of nitrogens with zero attached hydrogens (tertiary/aromatic N) is 2. The minimum atomic E-state index is -0.799. The summed E-state index contributed by atoms with van der Waals surface area (Å²) in [6, 6.07) is 9.14. The number of hydrogen-bond donors (Lipinski definition) is 1. The van der Waals surface area contributed by atoms with Crippen molar-refractivity contribution in [3.05, 3.63) is 71.1 Å². The third-order valence-corrected chi connectivity index (χ3v) is 4.71. The third-order valence-electron chi connectivity index (χ3n) is 4.71. The molecule has 5 nitrogen and oxygen atoms in total. The van der Waals surface area contributed by atoms with Gasteiger partial charge in [0, 0.05) is 18.8 Å². The molecule has 0 saturated heterocycles. The van der Waals surface area contributed by atoms with E-state index >= 15 is 0 Å². The van der Waals surface area contributed by atoms with Crippen molar-refractivity contribution >= 4 is 11.6 Å². The van der Waals surface area contributed by atoms with Gasteiger partial charge in [-0.05, 0) is 42.2 Å². The molecule has 7 heteroatoms. The van der Waals surface area contributed by atoms with Crippen LogP contribution < -0.4 is 10.6 Å². The van der Waals surface area contributed by atoms with E-state index in [2.05, 4.69) is 4.98 Å². The van der Waals surface area contributed by atoms with Crippen molar-refractivity contribution in [3.63, 3.8) is 0 Å². The lowest BCUT2D eigenvalue weighted by Crippen LogP contribution is -2.36. The fourth-order valence-corrected chi connectivity index (χ4v) is 3.43. The molecular formula is C20H17F2N3O2. The maximum Gasteiger partial charge on any atom is 0.280 e. The molecule has 1 aliphatic heterocycles. The Bertz CT molecular complexity index is 996. The van der Waals surface area contributed by atoms with Gasteiger partial charge >= 0.3 is 0 Å². The highest BCUT2D eigenvalue weighted by Crippen LogP contribution is 2.32. The van der Waals surface area contributed by atoms with Gasteiger partial charge in [-0.1, -0.05) is 18.2 Å². The molecule has 3 aromatic rings. The maximum absolute atomic E-state index is 13.9. The summed E-state index contributed by atoms with van der Waals surface area (Å²) < 4.78 is 33.1. The van der Waals surface area contributed by atoms with Gasteiger partial charge in [0.15, 0.2) is 5.69 Å². The Morgan fingerprint density at radius 1 is 1.19 bits per heavy atom. The second kappa shape index (κ2) is 6.92. The molecule has 0 atom stereocenters. The number of rotatable bonds is 3. The van der Waals surface area contributed by atoms with Crippen molar-refractivity contribution < 1.29 is 18.0 Å². The number of hydrogen-bond acceptors (Lipinski definition) is 4. The van der Waals surface area contributed by atoms with Crippen LogP contribution in [0.1, 0.15) is 28.0 Å². The van der Waals surface area contributed by atoms with Crippen LogP contribution in [0.5, 0.6) is 0 Å². The number of oxazole rings is 1. The number of carbonyl (C=O) groups excluding carboxylic acids is 1. The van der Waals surface area contributed by atoms with Gasteiger partial charge in [-0.25, -0.2) is 13.8 Å². The zero-order valence-corrected chi connectivity index (χ0v) is 14.4. The molecule has 4 rings (SSSR count). The molecule has 0 saturated carbocycles. The van der Waals surface area contributed by atoms with E-state index in [9.17, 15) is 13.6 Å². The van der Waals surface area contributed by atoms with Crippen molar-refractivity contribution in [1.29, 1.82) is 0 Å². The molecule has 2 N–H and O–H groups in total. The summed E-state index contributed by atoms with van der Waals surface area (Å²) in [5.74, 6) is -2.24. The van der Waals surface area contributed by atoms with E-state index < -0.39 is 11.6 Å². The fourth-order valence-electron chi connectivity index (χ4n) is 3.43. The second-order valence-electron chi connectivity index (χ2n) is 6.31. The summed E-state index contributed by atoms with van der Waals surface area (Å²) in [4.78, 5) is 18.6. The van der Waals surface area contributed by atoms with Crippen LogP contribution in [0.4, 0.5) is 14.5 Å². The zero-order chi connectivity index (χ0) is 19.0. The van der Waals surface area contributed by atoms with Crippen LogP contribution in [0.3, 0.4) is 0 Å². The van der Waals surface area contributed by atoms with Gasteiger partial charge in [0.1, 0.15) is 23.5 Å². The van der Waals surface area contributed by atoms with Crippen molar-refractivity contribution in [3.8, 4) is 11.5 Å². The van der Waals surface area contributed by atoms with E-state index in [1.54, 1.807) is 4.90 Å². The summed E-state index contributed by atoms with van der Waals surface area (Å²) >= 11 is 0. The minimum Gasteiger partial charge on any atom is -0.443 e. The lowest BCUT2D eigenvalue weighted by Gasteiger charge is -2.30. The molecule has 0 spiro atoms. The Labute approximate surface area is 154 Å². The summed E-state index contributed by atoms with van der Waals surface area (Å²) in [5.41, 5.74) is 8.24. The number of aromatic nitrogens is 1. The van der Waals surface area contributed by atoms with Crippen molar-refractivity contribution in [2.24, 2.45) is 5.73 Å². The molecule has 27 heavy (non-hydrogen) atoms. The average Bonchev–Trinajstić information content (AvgIpc) is 3.16. The number of amides is 1. The molecule has 1 aliphatic rings. The zero-order valence-electron chi connectivity index (χ0n) is 14.4. The van der Waals surface area contributed by atoms with E-state index in [0.717, 1.165) is 48.1 Å². The molecule has 0 radical (unpaired) electrons. The van der Waals surface area contributed by atoms with Gasteiger partial charge < -0.3 is 15.1 Å². The van der Waals surface area contributed by atoms with Gasteiger partial charge in [-0.3, -0.25) is 4.79 Å². The summed E-state index contributed by atoms with van der Waals surface area (Å²) in [7, 11) is 0. The number of benzene rings is 2. The quantitative estimate of drug-likeness (QED) is 0.765. The first-order chi connectivity index (χ1) is 13.1. The smallest absolute Gasteiger partial charge is 0.280 e. The van der Waals surface area contributed by atoms with Crippen LogP contribution in [0, 0.1) is 11.6 Å². The lowest BCUT2D eigenvalue weighted by molar-refractivity contribution is 0.0980. The maximum atomic E-state index is 13.9. The van der Waals surface area contributed by atoms with Crippen LogP contribution in [-0.4, -0.2) is 17.4 Å². The molecule has 1 amide bonds. The summed E-state index contributed by atoms with van der Waals surface area (Å²) in [6.07, 6.45) is 2.77. The standard InChI is InChI=1S/C20H17F2N3O2/c21-14-6-2-7-15(22)18(14)19-24-16(11-27-19)20(26)25-9-3-5-13-12(10-23)4-1-8-17(13)25/h1-2,4,6-8,11H,3,5,9-10,23H2. The number of halogens is 2. The van der Waals surface area contributed by atoms with Gasteiger partial charge in [0.25, 0.3) is 5.91 Å². The van der Waals surface area contributed by atoms with E-state index in [-0.39, 0.29) is 23.1 Å². The molecule has 1 aromatic heterocycles. The number of anilines is 1. The van der Waals surface area contributed by atoms with Gasteiger partial charge in [0.05, 0.1) is 0 Å². The van der Waals surface area contributed by atoms with Gasteiger partial charge in [-0.15, -0.1) is 0 Å². The lowest BCUT2D eigenvalue weighted by atomic mass is 9.96. The monoisotopic (exact) mass is 369 g/mol. The van der Waals surface area contributed by atoms with Gasteiger partial charge in [-0.2, -0.15) is 0 Å². The Morgan fingerprint density at radius 3 is 2.67 bits per heavy atom. The minimum absolute atomic E-state index is 0.00125. The van der Waals surface area contributed by atoms with E-state index in [4.69, 9.17) is 10.2 Å². The molecule has 2 aromatic carbocycles. The highest BCUT2D eigenvalue weighted by molar-refractivity contribution is 6.05. The Morgan fingerprint density at radius 2 is 1.93 bits per heavy atom. The second-order valence-corrected chi connectivity index (χ2v) is 6.31. The molecular weight excluding hydrogens is 352 g/mol. The first kappa shape index (κ1) is 17.4. The molecule has 0 unspecified atom stereocenters. The Balaban J connectivity index is 1.69.